The summed E-state index contributed by atoms with van der Waals surface area (Å²) in [6, 6.07) is 8.72. The lowest BCUT2D eigenvalue weighted by Crippen LogP contribution is -2.45. The van der Waals surface area contributed by atoms with Gasteiger partial charge in [0.1, 0.15) is 0 Å². The number of nitrogens with zero attached hydrogens (tertiary/aromatic N) is 1. The average molecular weight is 303 g/mol. The number of hydrogen-bond acceptors (Lipinski definition) is 2. The summed E-state index contributed by atoms with van der Waals surface area (Å²) in [7, 11) is 0. The summed E-state index contributed by atoms with van der Waals surface area (Å²) in [5.41, 5.74) is 0.778. The summed E-state index contributed by atoms with van der Waals surface area (Å²) in [6.07, 6.45) is -4.77. The molecule has 0 saturated carbocycles. The molecule has 0 heterocycles. The molecule has 0 saturated heterocycles. The third-order valence-electron chi connectivity index (χ3n) is 2.96. The molecular formula is C14H16F3NO3. The average Bonchev–Trinajstić information content (AvgIpc) is 2.42. The van der Waals surface area contributed by atoms with Crippen molar-refractivity contribution >= 4 is 11.9 Å². The number of halogens is 3. The maximum Gasteiger partial charge on any atom is 0.471 e. The number of carboxylic acid groups (broad SMARTS) is 1. The number of hydrogen-bond donors (Lipinski definition) is 1. The van der Waals surface area contributed by atoms with Crippen LogP contribution in [0.4, 0.5) is 13.2 Å². The standard InChI is InChI=1S/C14H16F3NO3/c1-10(12(19)20)9-18(13(21)14(15,16)17)8-7-11-5-3-2-4-6-11/h2-6,10H,7-9H2,1H3,(H,19,20). The zero-order valence-corrected chi connectivity index (χ0v) is 11.4. The van der Waals surface area contributed by atoms with Crippen LogP contribution in [-0.4, -0.2) is 41.1 Å². The highest BCUT2D eigenvalue weighted by Crippen LogP contribution is 2.19. The van der Waals surface area contributed by atoms with E-state index in [4.69, 9.17) is 5.11 Å². The monoisotopic (exact) mass is 303 g/mol. The van der Waals surface area contributed by atoms with Crippen LogP contribution in [0.5, 0.6) is 0 Å². The van der Waals surface area contributed by atoms with Crippen molar-refractivity contribution in [2.24, 2.45) is 5.92 Å². The molecule has 0 spiro atoms. The van der Waals surface area contributed by atoms with Crippen molar-refractivity contribution in [2.45, 2.75) is 19.5 Å². The second kappa shape index (κ2) is 7.10. The molecule has 0 aromatic heterocycles. The topological polar surface area (TPSA) is 57.6 Å². The van der Waals surface area contributed by atoms with Gasteiger partial charge in [-0.15, -0.1) is 0 Å². The molecule has 1 aromatic carbocycles. The Hall–Kier alpha value is -2.05. The van der Waals surface area contributed by atoms with E-state index in [0.29, 0.717) is 4.90 Å². The summed E-state index contributed by atoms with van der Waals surface area (Å²) >= 11 is 0. The molecule has 1 atom stereocenters. The number of benzene rings is 1. The molecule has 4 nitrogen and oxygen atoms in total. The summed E-state index contributed by atoms with van der Waals surface area (Å²) in [4.78, 5) is 22.7. The van der Waals surface area contributed by atoms with Crippen LogP contribution in [-0.2, 0) is 16.0 Å². The fourth-order valence-electron chi connectivity index (χ4n) is 1.77. The maximum absolute atomic E-state index is 12.5. The lowest BCUT2D eigenvalue weighted by molar-refractivity contribution is -0.186. The first-order valence-electron chi connectivity index (χ1n) is 6.34. The largest absolute Gasteiger partial charge is 0.481 e. The highest BCUT2D eigenvalue weighted by atomic mass is 19.4. The smallest absolute Gasteiger partial charge is 0.471 e. The van der Waals surface area contributed by atoms with E-state index in [0.717, 1.165) is 5.56 Å². The molecule has 0 fully saturated rings. The molecule has 0 bridgehead atoms. The van der Waals surface area contributed by atoms with Gasteiger partial charge in [0.05, 0.1) is 5.92 Å². The first-order valence-corrected chi connectivity index (χ1v) is 6.34. The lowest BCUT2D eigenvalue weighted by atomic mass is 10.1. The first kappa shape index (κ1) is 17.0. The van der Waals surface area contributed by atoms with E-state index in [1.165, 1.54) is 6.92 Å². The van der Waals surface area contributed by atoms with E-state index >= 15 is 0 Å². The minimum absolute atomic E-state index is 0.181. The third-order valence-corrected chi connectivity index (χ3v) is 2.96. The molecule has 7 heteroatoms. The Morgan fingerprint density at radius 2 is 1.81 bits per heavy atom. The Morgan fingerprint density at radius 3 is 2.29 bits per heavy atom. The van der Waals surface area contributed by atoms with Crippen molar-refractivity contribution < 1.29 is 27.9 Å². The summed E-state index contributed by atoms with van der Waals surface area (Å²) in [5.74, 6) is -4.31. The maximum atomic E-state index is 12.5. The Balaban J connectivity index is 2.77. The van der Waals surface area contributed by atoms with Crippen molar-refractivity contribution in [2.75, 3.05) is 13.1 Å². The van der Waals surface area contributed by atoms with Crippen LogP contribution in [0.2, 0.25) is 0 Å². The first-order chi connectivity index (χ1) is 9.71. The van der Waals surface area contributed by atoms with Gasteiger partial charge in [0.2, 0.25) is 0 Å². The van der Waals surface area contributed by atoms with Crippen LogP contribution in [0.15, 0.2) is 30.3 Å². The quantitative estimate of drug-likeness (QED) is 0.877. The molecule has 0 aliphatic rings. The predicted molar refractivity (Wildman–Crippen MR) is 69.6 cm³/mol. The van der Waals surface area contributed by atoms with Crippen LogP contribution in [0.1, 0.15) is 12.5 Å². The Kier molecular flexibility index (Phi) is 5.75. The third kappa shape index (κ3) is 5.45. The highest BCUT2D eigenvalue weighted by Gasteiger charge is 2.42. The number of carboxylic acids is 1. The van der Waals surface area contributed by atoms with Gasteiger partial charge in [-0.05, 0) is 12.0 Å². The van der Waals surface area contributed by atoms with Gasteiger partial charge in [0.15, 0.2) is 0 Å². The van der Waals surface area contributed by atoms with E-state index in [1.54, 1.807) is 30.3 Å². The van der Waals surface area contributed by atoms with Gasteiger partial charge >= 0.3 is 18.1 Å². The van der Waals surface area contributed by atoms with Crippen LogP contribution < -0.4 is 0 Å². The van der Waals surface area contributed by atoms with Gasteiger partial charge in [-0.2, -0.15) is 13.2 Å². The second-order valence-electron chi connectivity index (χ2n) is 4.72. The Labute approximate surface area is 120 Å². The Bertz CT molecular complexity index is 488. The molecule has 0 aliphatic heterocycles. The summed E-state index contributed by atoms with van der Waals surface area (Å²) in [6.45, 7) is 0.613. The minimum Gasteiger partial charge on any atom is -0.481 e. The highest BCUT2D eigenvalue weighted by molar-refractivity contribution is 5.82. The van der Waals surface area contributed by atoms with E-state index in [2.05, 4.69) is 0 Å². The van der Waals surface area contributed by atoms with Crippen LogP contribution >= 0.6 is 0 Å². The fraction of sp³-hybridized carbons (Fsp3) is 0.429. The number of alkyl halides is 3. The molecular weight excluding hydrogens is 287 g/mol. The van der Waals surface area contributed by atoms with Crippen molar-refractivity contribution in [1.29, 1.82) is 0 Å². The normalized spacial score (nSPS) is 12.8. The molecule has 1 unspecified atom stereocenters. The second-order valence-corrected chi connectivity index (χ2v) is 4.72. The van der Waals surface area contributed by atoms with Gasteiger partial charge in [-0.3, -0.25) is 9.59 Å². The summed E-state index contributed by atoms with van der Waals surface area (Å²) < 4.78 is 37.6. The molecule has 116 valence electrons. The van der Waals surface area contributed by atoms with Gasteiger partial charge in [0, 0.05) is 13.1 Å². The van der Waals surface area contributed by atoms with Gasteiger partial charge < -0.3 is 10.0 Å². The molecule has 1 N–H and O–H groups in total. The van der Waals surface area contributed by atoms with Gasteiger partial charge in [-0.25, -0.2) is 0 Å². The predicted octanol–water partition coefficient (Wildman–Crippen LogP) is 2.34. The Morgan fingerprint density at radius 1 is 1.24 bits per heavy atom. The van der Waals surface area contributed by atoms with Crippen LogP contribution in [0.3, 0.4) is 0 Å². The molecule has 1 aromatic rings. The van der Waals surface area contributed by atoms with Crippen LogP contribution in [0.25, 0.3) is 0 Å². The van der Waals surface area contributed by atoms with Gasteiger partial charge in [0.25, 0.3) is 0 Å². The lowest BCUT2D eigenvalue weighted by Gasteiger charge is -2.25. The molecule has 0 aliphatic carbocycles. The molecule has 1 amide bonds. The molecule has 21 heavy (non-hydrogen) atoms. The number of carbonyl (C=O) groups is 2. The molecule has 0 radical (unpaired) electrons. The zero-order chi connectivity index (χ0) is 16.0. The fourth-order valence-corrected chi connectivity index (χ4v) is 1.77. The molecule has 1 rings (SSSR count). The minimum atomic E-state index is -5.01. The number of carbonyl (C=O) groups excluding carboxylic acids is 1. The van der Waals surface area contributed by atoms with E-state index in [-0.39, 0.29) is 13.0 Å². The van der Waals surface area contributed by atoms with Crippen molar-refractivity contribution in [3.05, 3.63) is 35.9 Å². The summed E-state index contributed by atoms with van der Waals surface area (Å²) in [5, 5.41) is 8.78. The van der Waals surface area contributed by atoms with E-state index < -0.39 is 30.5 Å². The van der Waals surface area contributed by atoms with Crippen molar-refractivity contribution in [3.63, 3.8) is 0 Å². The number of aliphatic carboxylic acids is 1. The van der Waals surface area contributed by atoms with Gasteiger partial charge in [-0.1, -0.05) is 37.3 Å². The van der Waals surface area contributed by atoms with Crippen LogP contribution in [0, 0.1) is 5.92 Å². The number of amides is 1. The van der Waals surface area contributed by atoms with Crippen molar-refractivity contribution in [3.8, 4) is 0 Å². The van der Waals surface area contributed by atoms with Crippen molar-refractivity contribution in [1.82, 2.24) is 4.90 Å². The van der Waals surface area contributed by atoms with E-state index in [9.17, 15) is 22.8 Å². The van der Waals surface area contributed by atoms with E-state index in [1.807, 2.05) is 0 Å². The number of rotatable bonds is 6. The SMILES string of the molecule is CC(CN(CCc1ccccc1)C(=O)C(F)(F)F)C(=O)O. The zero-order valence-electron chi connectivity index (χ0n) is 11.4.